The summed E-state index contributed by atoms with van der Waals surface area (Å²) in [6.45, 7) is 4.37. The van der Waals surface area contributed by atoms with Gasteiger partial charge in [-0.1, -0.05) is 20.3 Å². The van der Waals surface area contributed by atoms with Crippen LogP contribution in [-0.2, 0) is 9.59 Å². The minimum absolute atomic E-state index is 0.221. The molecule has 0 aliphatic heterocycles. The molecular weight excluding hydrogens is 180 g/mol. The van der Waals surface area contributed by atoms with Crippen LogP contribution in [0.4, 0.5) is 0 Å². The lowest BCUT2D eigenvalue weighted by molar-refractivity contribution is -0.149. The molecule has 1 N–H and O–H groups in total. The Kier molecular flexibility index (Phi) is 3.29. The Labute approximate surface area is 84.5 Å². The first kappa shape index (κ1) is 11.2. The number of hydrogen-bond acceptors (Lipinski definition) is 2. The van der Waals surface area contributed by atoms with Gasteiger partial charge in [-0.05, 0) is 30.6 Å². The predicted octanol–water partition coefficient (Wildman–Crippen LogP) is 2.25. The lowest BCUT2D eigenvalue weighted by atomic mass is 9.71. The molecule has 1 unspecified atom stereocenters. The molecule has 0 aromatic rings. The molecule has 1 saturated carbocycles. The Morgan fingerprint density at radius 2 is 2.07 bits per heavy atom. The number of carbonyl (C=O) groups is 2. The monoisotopic (exact) mass is 198 g/mol. The first-order valence-corrected chi connectivity index (χ1v) is 5.17. The molecule has 0 amide bonds. The number of carboxylic acids is 1. The number of rotatable bonds is 3. The van der Waals surface area contributed by atoms with Crippen molar-refractivity contribution in [3.63, 3.8) is 0 Å². The smallest absolute Gasteiger partial charge is 0.372 e. The van der Waals surface area contributed by atoms with E-state index in [1.165, 1.54) is 6.42 Å². The van der Waals surface area contributed by atoms with Crippen molar-refractivity contribution in [1.29, 1.82) is 0 Å². The van der Waals surface area contributed by atoms with E-state index in [0.29, 0.717) is 0 Å². The minimum Gasteiger partial charge on any atom is -0.476 e. The van der Waals surface area contributed by atoms with Crippen LogP contribution in [-0.4, -0.2) is 16.9 Å². The maximum absolute atomic E-state index is 11.0. The van der Waals surface area contributed by atoms with Crippen LogP contribution in [0, 0.1) is 11.3 Å². The molecular formula is C11H18O3. The van der Waals surface area contributed by atoms with E-state index < -0.39 is 11.8 Å². The molecule has 80 valence electrons. The second-order valence-corrected chi connectivity index (χ2v) is 5.06. The van der Waals surface area contributed by atoms with Crippen molar-refractivity contribution in [2.24, 2.45) is 11.3 Å². The van der Waals surface area contributed by atoms with Crippen molar-refractivity contribution in [2.45, 2.75) is 46.0 Å². The van der Waals surface area contributed by atoms with Gasteiger partial charge in [0.15, 0.2) is 0 Å². The molecule has 14 heavy (non-hydrogen) atoms. The molecule has 1 rings (SSSR count). The maximum Gasteiger partial charge on any atom is 0.372 e. The van der Waals surface area contributed by atoms with Crippen LogP contribution < -0.4 is 0 Å². The van der Waals surface area contributed by atoms with Gasteiger partial charge in [0.05, 0.1) is 0 Å². The molecule has 1 atom stereocenters. The van der Waals surface area contributed by atoms with E-state index in [-0.39, 0.29) is 17.8 Å². The van der Waals surface area contributed by atoms with Gasteiger partial charge in [-0.3, -0.25) is 4.79 Å². The van der Waals surface area contributed by atoms with Gasteiger partial charge in [0.25, 0.3) is 0 Å². The molecule has 1 fully saturated rings. The van der Waals surface area contributed by atoms with E-state index >= 15 is 0 Å². The maximum atomic E-state index is 11.0. The van der Waals surface area contributed by atoms with E-state index in [0.717, 1.165) is 19.3 Å². The molecule has 3 heteroatoms. The summed E-state index contributed by atoms with van der Waals surface area (Å²) in [7, 11) is 0. The zero-order valence-electron chi connectivity index (χ0n) is 8.88. The normalized spacial score (nSPS) is 25.7. The largest absolute Gasteiger partial charge is 0.476 e. The van der Waals surface area contributed by atoms with Gasteiger partial charge in [-0.25, -0.2) is 4.79 Å². The number of ketones is 1. The standard InChI is InChI=1S/C11H18O3/c1-11(2)5-3-4-8(7-11)6-9(12)10(13)14/h8H,3-7H2,1-2H3,(H,13,14). The van der Waals surface area contributed by atoms with E-state index in [9.17, 15) is 9.59 Å². The Bertz CT molecular complexity index is 243. The molecule has 0 bridgehead atoms. The molecule has 1 aliphatic rings. The zero-order chi connectivity index (χ0) is 10.8. The number of hydrogen-bond donors (Lipinski definition) is 1. The third-order valence-corrected chi connectivity index (χ3v) is 3.02. The molecule has 1 aliphatic carbocycles. The Balaban J connectivity index is 2.46. The summed E-state index contributed by atoms with van der Waals surface area (Å²) in [6.07, 6.45) is 4.50. The third kappa shape index (κ3) is 3.13. The molecule has 0 heterocycles. The molecule has 3 nitrogen and oxygen atoms in total. The van der Waals surface area contributed by atoms with Crippen LogP contribution in [0.25, 0.3) is 0 Å². The SMILES string of the molecule is CC1(C)CCCC(CC(=O)C(=O)O)C1. The van der Waals surface area contributed by atoms with Crippen LogP contribution in [0.15, 0.2) is 0 Å². The second-order valence-electron chi connectivity index (χ2n) is 5.06. The summed E-state index contributed by atoms with van der Waals surface area (Å²) in [5, 5.41) is 8.49. The Morgan fingerprint density at radius 1 is 1.43 bits per heavy atom. The number of carboxylic acid groups (broad SMARTS) is 1. The van der Waals surface area contributed by atoms with Crippen molar-refractivity contribution in [1.82, 2.24) is 0 Å². The molecule has 0 radical (unpaired) electrons. The summed E-state index contributed by atoms with van der Waals surface area (Å²) in [6, 6.07) is 0. The van der Waals surface area contributed by atoms with Crippen molar-refractivity contribution in [3.8, 4) is 0 Å². The van der Waals surface area contributed by atoms with Crippen molar-refractivity contribution in [3.05, 3.63) is 0 Å². The first-order chi connectivity index (χ1) is 6.41. The van der Waals surface area contributed by atoms with Gasteiger partial charge in [-0.2, -0.15) is 0 Å². The fourth-order valence-corrected chi connectivity index (χ4v) is 2.38. The van der Waals surface area contributed by atoms with Gasteiger partial charge in [0.2, 0.25) is 5.78 Å². The van der Waals surface area contributed by atoms with E-state index in [1.54, 1.807) is 0 Å². The predicted molar refractivity (Wildman–Crippen MR) is 53.0 cm³/mol. The fraction of sp³-hybridized carbons (Fsp3) is 0.818. The van der Waals surface area contributed by atoms with Crippen molar-refractivity contribution >= 4 is 11.8 Å². The fourth-order valence-electron chi connectivity index (χ4n) is 2.38. The van der Waals surface area contributed by atoms with E-state index in [4.69, 9.17) is 5.11 Å². The summed E-state index contributed by atoms with van der Waals surface area (Å²) in [5.41, 5.74) is 0.279. The highest BCUT2D eigenvalue weighted by Crippen LogP contribution is 2.39. The summed E-state index contributed by atoms with van der Waals surface area (Å²) < 4.78 is 0. The summed E-state index contributed by atoms with van der Waals surface area (Å²) >= 11 is 0. The van der Waals surface area contributed by atoms with Gasteiger partial charge in [0.1, 0.15) is 0 Å². The lowest BCUT2D eigenvalue weighted by Gasteiger charge is -2.34. The topological polar surface area (TPSA) is 54.4 Å². The van der Waals surface area contributed by atoms with Crippen LogP contribution in [0.2, 0.25) is 0 Å². The molecule has 0 spiro atoms. The van der Waals surface area contributed by atoms with Gasteiger partial charge >= 0.3 is 5.97 Å². The Morgan fingerprint density at radius 3 is 2.57 bits per heavy atom. The number of Topliss-reactive ketones (excluding diaryl/α,β-unsaturated/α-hetero) is 1. The zero-order valence-corrected chi connectivity index (χ0v) is 8.88. The highest BCUT2D eigenvalue weighted by atomic mass is 16.4. The lowest BCUT2D eigenvalue weighted by Crippen LogP contribution is -2.26. The molecule has 0 aromatic heterocycles. The third-order valence-electron chi connectivity index (χ3n) is 3.02. The summed E-state index contributed by atoms with van der Waals surface area (Å²) in [4.78, 5) is 21.4. The molecule has 0 aromatic carbocycles. The van der Waals surface area contributed by atoms with Crippen LogP contribution in [0.1, 0.15) is 46.0 Å². The average molecular weight is 198 g/mol. The quantitative estimate of drug-likeness (QED) is 0.707. The minimum atomic E-state index is -1.28. The van der Waals surface area contributed by atoms with Crippen LogP contribution >= 0.6 is 0 Å². The second kappa shape index (κ2) is 4.11. The van der Waals surface area contributed by atoms with Crippen LogP contribution in [0.3, 0.4) is 0 Å². The summed E-state index contributed by atoms with van der Waals surface area (Å²) in [5.74, 6) is -1.64. The van der Waals surface area contributed by atoms with Gasteiger partial charge in [-0.15, -0.1) is 0 Å². The molecule has 0 saturated heterocycles. The van der Waals surface area contributed by atoms with Crippen molar-refractivity contribution < 1.29 is 14.7 Å². The van der Waals surface area contributed by atoms with E-state index in [1.807, 2.05) is 0 Å². The average Bonchev–Trinajstić information content (AvgIpc) is 2.01. The van der Waals surface area contributed by atoms with Crippen LogP contribution in [0.5, 0.6) is 0 Å². The number of carbonyl (C=O) groups excluding carboxylic acids is 1. The van der Waals surface area contributed by atoms with E-state index in [2.05, 4.69) is 13.8 Å². The number of aliphatic carboxylic acids is 1. The highest BCUT2D eigenvalue weighted by molar-refractivity contribution is 6.32. The van der Waals surface area contributed by atoms with Gasteiger partial charge < -0.3 is 5.11 Å². The van der Waals surface area contributed by atoms with Gasteiger partial charge in [0, 0.05) is 6.42 Å². The Hall–Kier alpha value is -0.860. The highest BCUT2D eigenvalue weighted by Gasteiger charge is 2.30. The van der Waals surface area contributed by atoms with Crippen molar-refractivity contribution in [2.75, 3.05) is 0 Å². The first-order valence-electron chi connectivity index (χ1n) is 5.17.